The Bertz CT molecular complexity index is 707. The number of carbonyl (C=O) groups excluding carboxylic acids is 2. The van der Waals surface area contributed by atoms with Gasteiger partial charge in [0.1, 0.15) is 11.9 Å². The predicted molar refractivity (Wildman–Crippen MR) is 87.1 cm³/mol. The second-order valence-corrected chi connectivity index (χ2v) is 6.20. The Morgan fingerprint density at radius 1 is 1.21 bits per heavy atom. The number of aryl methyl sites for hydroxylation is 1. The van der Waals surface area contributed by atoms with Crippen LogP contribution in [0.5, 0.6) is 5.75 Å². The van der Waals surface area contributed by atoms with Crippen molar-refractivity contribution in [2.45, 2.75) is 25.9 Å². The highest BCUT2D eigenvalue weighted by atomic mass is 16.5. The van der Waals surface area contributed by atoms with Gasteiger partial charge in [0.25, 0.3) is 5.56 Å². The molecular weight excluding hydrogens is 312 g/mol. The van der Waals surface area contributed by atoms with Crippen molar-refractivity contribution in [3.8, 4) is 5.75 Å². The highest BCUT2D eigenvalue weighted by Crippen LogP contribution is 2.20. The van der Waals surface area contributed by atoms with Crippen molar-refractivity contribution in [2.24, 2.45) is 7.05 Å². The van der Waals surface area contributed by atoms with Crippen LogP contribution in [-0.4, -0.2) is 58.7 Å². The summed E-state index contributed by atoms with van der Waals surface area (Å²) in [6, 6.07) is 2.76. The third-order valence-electron chi connectivity index (χ3n) is 4.58. The first-order valence-electron chi connectivity index (χ1n) is 8.14. The number of pyridine rings is 1. The molecule has 1 aromatic heterocycles. The molecule has 1 aromatic rings. The lowest BCUT2D eigenvalue weighted by atomic mass is 10.1. The first-order chi connectivity index (χ1) is 11.5. The molecule has 2 fully saturated rings. The van der Waals surface area contributed by atoms with Gasteiger partial charge in [-0.05, 0) is 13.0 Å². The monoisotopic (exact) mass is 334 g/mol. The topological polar surface area (TPSA) is 83.9 Å². The van der Waals surface area contributed by atoms with Crippen LogP contribution < -0.4 is 15.6 Å². The summed E-state index contributed by atoms with van der Waals surface area (Å²) < 4.78 is 7.47. The SMILES string of the molecule is Cc1cc(OC2CCN(C(=O)N3CCNC3=O)CC2)cc(=O)n1C. The number of hydrogen-bond donors (Lipinski definition) is 1. The highest BCUT2D eigenvalue weighted by molar-refractivity contribution is 5.94. The zero-order valence-corrected chi connectivity index (χ0v) is 13.9. The molecule has 0 bridgehead atoms. The van der Waals surface area contributed by atoms with E-state index < -0.39 is 0 Å². The molecule has 0 radical (unpaired) electrons. The normalized spacial score (nSPS) is 18.7. The van der Waals surface area contributed by atoms with Gasteiger partial charge in [0.05, 0.1) is 0 Å². The molecule has 24 heavy (non-hydrogen) atoms. The summed E-state index contributed by atoms with van der Waals surface area (Å²) in [4.78, 5) is 38.6. The quantitative estimate of drug-likeness (QED) is 0.862. The number of hydrogen-bond acceptors (Lipinski definition) is 4. The zero-order valence-electron chi connectivity index (χ0n) is 13.9. The number of imide groups is 1. The van der Waals surface area contributed by atoms with Gasteiger partial charge >= 0.3 is 12.1 Å². The maximum Gasteiger partial charge on any atom is 0.328 e. The standard InChI is InChI=1S/C16H22N4O4/c1-11-9-13(10-14(21)18(11)2)24-12-3-6-19(7-4-12)16(23)20-8-5-17-15(20)22/h9-10,12H,3-8H2,1-2H3,(H,17,22). The number of carbonyl (C=O) groups is 2. The van der Waals surface area contributed by atoms with Crippen LogP contribution in [0.25, 0.3) is 0 Å². The molecule has 8 heteroatoms. The number of nitrogens with zero attached hydrogens (tertiary/aromatic N) is 3. The molecule has 0 atom stereocenters. The van der Waals surface area contributed by atoms with Gasteiger partial charge in [-0.2, -0.15) is 0 Å². The maximum atomic E-state index is 12.3. The number of amides is 4. The fourth-order valence-electron chi connectivity index (χ4n) is 2.99. The smallest absolute Gasteiger partial charge is 0.328 e. The molecule has 8 nitrogen and oxygen atoms in total. The van der Waals surface area contributed by atoms with Gasteiger partial charge in [0, 0.05) is 57.8 Å². The summed E-state index contributed by atoms with van der Waals surface area (Å²) in [5, 5.41) is 2.63. The Morgan fingerprint density at radius 2 is 1.92 bits per heavy atom. The molecule has 3 heterocycles. The Hall–Kier alpha value is -2.51. The molecule has 2 saturated heterocycles. The van der Waals surface area contributed by atoms with Gasteiger partial charge in [-0.15, -0.1) is 0 Å². The van der Waals surface area contributed by atoms with Gasteiger partial charge < -0.3 is 19.5 Å². The van der Waals surface area contributed by atoms with Crippen molar-refractivity contribution >= 4 is 12.1 Å². The number of piperidine rings is 1. The maximum absolute atomic E-state index is 12.3. The molecule has 3 rings (SSSR count). The summed E-state index contributed by atoms with van der Waals surface area (Å²) in [5.74, 6) is 0.569. The van der Waals surface area contributed by atoms with Crippen molar-refractivity contribution in [1.29, 1.82) is 0 Å². The van der Waals surface area contributed by atoms with E-state index in [1.807, 2.05) is 13.0 Å². The van der Waals surface area contributed by atoms with Crippen molar-refractivity contribution in [2.75, 3.05) is 26.2 Å². The first-order valence-corrected chi connectivity index (χ1v) is 8.14. The van der Waals surface area contributed by atoms with E-state index in [4.69, 9.17) is 4.74 Å². The molecule has 0 unspecified atom stereocenters. The minimum atomic E-state index is -0.325. The number of urea groups is 2. The highest BCUT2D eigenvalue weighted by Gasteiger charge is 2.32. The Kier molecular flexibility index (Phi) is 4.46. The molecular formula is C16H22N4O4. The minimum absolute atomic E-state index is 0.0343. The summed E-state index contributed by atoms with van der Waals surface area (Å²) in [6.45, 7) is 3.86. The Morgan fingerprint density at radius 3 is 2.50 bits per heavy atom. The van der Waals surface area contributed by atoms with Gasteiger partial charge in [-0.1, -0.05) is 0 Å². The number of aromatic nitrogens is 1. The molecule has 0 saturated carbocycles. The molecule has 1 N–H and O–H groups in total. The Balaban J connectivity index is 1.56. The number of likely N-dealkylation sites (tertiary alicyclic amines) is 1. The van der Waals surface area contributed by atoms with Crippen molar-refractivity contribution < 1.29 is 14.3 Å². The number of nitrogens with one attached hydrogen (secondary N) is 1. The summed E-state index contributed by atoms with van der Waals surface area (Å²) in [7, 11) is 1.72. The molecule has 2 aliphatic heterocycles. The summed E-state index contributed by atoms with van der Waals surface area (Å²) in [6.07, 6.45) is 1.32. The van der Waals surface area contributed by atoms with E-state index in [9.17, 15) is 14.4 Å². The average Bonchev–Trinajstić information content (AvgIpc) is 2.98. The van der Waals surface area contributed by atoms with Gasteiger partial charge in [-0.3, -0.25) is 4.79 Å². The summed E-state index contributed by atoms with van der Waals surface area (Å²) >= 11 is 0. The fraction of sp³-hybridized carbons (Fsp3) is 0.562. The van der Waals surface area contributed by atoms with Crippen LogP contribution in [0.1, 0.15) is 18.5 Å². The van der Waals surface area contributed by atoms with Crippen LogP contribution in [-0.2, 0) is 7.05 Å². The van der Waals surface area contributed by atoms with Crippen LogP contribution in [0.3, 0.4) is 0 Å². The van der Waals surface area contributed by atoms with E-state index in [1.54, 1.807) is 16.5 Å². The van der Waals surface area contributed by atoms with E-state index >= 15 is 0 Å². The molecule has 0 aliphatic carbocycles. The van der Waals surface area contributed by atoms with Crippen molar-refractivity contribution in [3.05, 3.63) is 28.2 Å². The van der Waals surface area contributed by atoms with Crippen LogP contribution in [0.15, 0.2) is 16.9 Å². The molecule has 0 aromatic carbocycles. The third kappa shape index (κ3) is 3.22. The van der Waals surface area contributed by atoms with Crippen LogP contribution in [0, 0.1) is 6.92 Å². The number of ether oxygens (including phenoxy) is 1. The lowest BCUT2D eigenvalue weighted by Crippen LogP contribution is -2.49. The molecule has 2 aliphatic rings. The fourth-order valence-corrected chi connectivity index (χ4v) is 2.99. The van der Waals surface area contributed by atoms with E-state index in [0.717, 1.165) is 5.69 Å². The van der Waals surface area contributed by atoms with Crippen LogP contribution >= 0.6 is 0 Å². The predicted octanol–water partition coefficient (Wildman–Crippen LogP) is 0.682. The van der Waals surface area contributed by atoms with Gasteiger partial charge in [0.2, 0.25) is 0 Å². The summed E-state index contributed by atoms with van der Waals surface area (Å²) in [5.41, 5.74) is 0.739. The molecule has 130 valence electrons. The lowest BCUT2D eigenvalue weighted by molar-refractivity contribution is 0.101. The number of rotatable bonds is 2. The van der Waals surface area contributed by atoms with Gasteiger partial charge in [-0.25, -0.2) is 14.5 Å². The zero-order chi connectivity index (χ0) is 17.3. The van der Waals surface area contributed by atoms with Crippen LogP contribution in [0.4, 0.5) is 9.59 Å². The van der Waals surface area contributed by atoms with E-state index in [0.29, 0.717) is 44.8 Å². The molecule has 0 spiro atoms. The van der Waals surface area contributed by atoms with E-state index in [2.05, 4.69) is 5.32 Å². The second-order valence-electron chi connectivity index (χ2n) is 6.20. The largest absolute Gasteiger partial charge is 0.490 e. The molecule has 4 amide bonds. The lowest BCUT2D eigenvalue weighted by Gasteiger charge is -2.33. The van der Waals surface area contributed by atoms with Crippen molar-refractivity contribution in [3.63, 3.8) is 0 Å². The van der Waals surface area contributed by atoms with E-state index in [1.165, 1.54) is 11.0 Å². The van der Waals surface area contributed by atoms with Crippen molar-refractivity contribution in [1.82, 2.24) is 19.7 Å². The van der Waals surface area contributed by atoms with E-state index in [-0.39, 0.29) is 23.7 Å². The van der Waals surface area contributed by atoms with Crippen LogP contribution in [0.2, 0.25) is 0 Å². The average molecular weight is 334 g/mol. The Labute approximate surface area is 140 Å². The first kappa shape index (κ1) is 16.4. The van der Waals surface area contributed by atoms with Gasteiger partial charge in [0.15, 0.2) is 0 Å². The second kappa shape index (κ2) is 6.54. The third-order valence-corrected chi connectivity index (χ3v) is 4.58. The minimum Gasteiger partial charge on any atom is -0.490 e.